The van der Waals surface area contributed by atoms with Crippen LogP contribution >= 0.6 is 0 Å². The summed E-state index contributed by atoms with van der Waals surface area (Å²) in [6, 6.07) is 27.4. The average Bonchev–Trinajstić information content (AvgIpc) is 2.87. The molecule has 0 unspecified atom stereocenters. The molecule has 0 fully saturated rings. The summed E-state index contributed by atoms with van der Waals surface area (Å²) in [7, 11) is 1.63. The summed E-state index contributed by atoms with van der Waals surface area (Å²) in [5, 5.41) is 2.96. The van der Waals surface area contributed by atoms with Gasteiger partial charge in [0, 0.05) is 26.8 Å². The molecule has 172 valence electrons. The minimum Gasteiger partial charge on any atom is -0.484 e. The molecule has 1 atom stereocenters. The molecule has 0 aliphatic rings. The van der Waals surface area contributed by atoms with E-state index in [2.05, 4.69) is 5.32 Å². The zero-order valence-electron chi connectivity index (χ0n) is 18.9. The minimum atomic E-state index is -0.791. The van der Waals surface area contributed by atoms with Crippen LogP contribution in [0.4, 0.5) is 0 Å². The first-order valence-electron chi connectivity index (χ1n) is 11.0. The Morgan fingerprint density at radius 1 is 0.879 bits per heavy atom. The number of hydrogen-bond donors (Lipinski definition) is 1. The number of nitrogens with one attached hydrogen (secondary N) is 1. The lowest BCUT2D eigenvalue weighted by molar-refractivity contribution is -0.143. The van der Waals surface area contributed by atoms with Crippen molar-refractivity contribution in [1.29, 1.82) is 0 Å². The minimum absolute atomic E-state index is 0.170. The SMILES string of the molecule is COCCCNC(=O)[C@@H](c1ccccc1)N(Cc1ccccc1)C(=O)COc1ccccc1. The van der Waals surface area contributed by atoms with Gasteiger partial charge in [-0.3, -0.25) is 9.59 Å². The summed E-state index contributed by atoms with van der Waals surface area (Å²) in [5.74, 6) is 0.0932. The second-order valence-corrected chi connectivity index (χ2v) is 7.56. The van der Waals surface area contributed by atoms with Crippen LogP contribution in [0.1, 0.15) is 23.6 Å². The quantitative estimate of drug-likeness (QED) is 0.427. The van der Waals surface area contributed by atoms with Crippen molar-refractivity contribution >= 4 is 11.8 Å². The molecule has 33 heavy (non-hydrogen) atoms. The number of ether oxygens (including phenoxy) is 2. The molecule has 0 aliphatic heterocycles. The van der Waals surface area contributed by atoms with E-state index in [0.29, 0.717) is 25.3 Å². The van der Waals surface area contributed by atoms with Crippen LogP contribution in [-0.2, 0) is 20.9 Å². The average molecular weight is 447 g/mol. The number of carbonyl (C=O) groups is 2. The molecule has 3 aromatic carbocycles. The lowest BCUT2D eigenvalue weighted by Gasteiger charge is -2.31. The highest BCUT2D eigenvalue weighted by molar-refractivity contribution is 5.89. The van der Waals surface area contributed by atoms with Crippen LogP contribution in [0.15, 0.2) is 91.0 Å². The Morgan fingerprint density at radius 3 is 2.12 bits per heavy atom. The van der Waals surface area contributed by atoms with Crippen molar-refractivity contribution in [2.75, 3.05) is 26.9 Å². The Morgan fingerprint density at radius 2 is 1.48 bits per heavy atom. The van der Waals surface area contributed by atoms with Gasteiger partial charge in [-0.2, -0.15) is 0 Å². The highest BCUT2D eigenvalue weighted by Crippen LogP contribution is 2.24. The molecule has 3 aromatic rings. The molecule has 0 bridgehead atoms. The molecule has 0 spiro atoms. The van der Waals surface area contributed by atoms with Gasteiger partial charge in [0.05, 0.1) is 0 Å². The summed E-state index contributed by atoms with van der Waals surface area (Å²) in [6.45, 7) is 1.12. The second kappa shape index (κ2) is 13.0. The van der Waals surface area contributed by atoms with Crippen molar-refractivity contribution in [2.45, 2.75) is 19.0 Å². The zero-order chi connectivity index (χ0) is 23.3. The fourth-order valence-corrected chi connectivity index (χ4v) is 3.48. The Kier molecular flexibility index (Phi) is 9.48. The number of amides is 2. The highest BCUT2D eigenvalue weighted by Gasteiger charge is 2.31. The van der Waals surface area contributed by atoms with Crippen molar-refractivity contribution in [3.8, 4) is 5.75 Å². The van der Waals surface area contributed by atoms with Crippen molar-refractivity contribution in [3.63, 3.8) is 0 Å². The van der Waals surface area contributed by atoms with Gasteiger partial charge >= 0.3 is 0 Å². The van der Waals surface area contributed by atoms with Crippen LogP contribution < -0.4 is 10.1 Å². The molecule has 6 nitrogen and oxygen atoms in total. The Bertz CT molecular complexity index is 981. The number of hydrogen-bond acceptors (Lipinski definition) is 4. The van der Waals surface area contributed by atoms with E-state index >= 15 is 0 Å². The lowest BCUT2D eigenvalue weighted by Crippen LogP contribution is -2.45. The van der Waals surface area contributed by atoms with Gasteiger partial charge in [-0.25, -0.2) is 0 Å². The number of nitrogens with zero attached hydrogens (tertiary/aromatic N) is 1. The standard InChI is InChI=1S/C27H30N2O4/c1-32-19-11-18-28-27(31)26(23-14-7-3-8-15-23)29(20-22-12-5-2-6-13-22)25(30)21-33-24-16-9-4-10-17-24/h2-10,12-17,26H,11,18-21H2,1H3,(H,28,31)/t26-/m1/s1. The number of rotatable bonds is 12. The number of benzene rings is 3. The Balaban J connectivity index is 1.86. The van der Waals surface area contributed by atoms with Crippen molar-refractivity contribution in [1.82, 2.24) is 10.2 Å². The van der Waals surface area contributed by atoms with E-state index in [1.165, 1.54) is 0 Å². The van der Waals surface area contributed by atoms with Gasteiger partial charge in [0.2, 0.25) is 5.91 Å². The van der Waals surface area contributed by atoms with Crippen molar-refractivity contribution in [2.24, 2.45) is 0 Å². The van der Waals surface area contributed by atoms with Gasteiger partial charge in [0.1, 0.15) is 11.8 Å². The number of methoxy groups -OCH3 is 1. The lowest BCUT2D eigenvalue weighted by atomic mass is 10.0. The maximum atomic E-state index is 13.4. The van der Waals surface area contributed by atoms with Crippen LogP contribution in [0.5, 0.6) is 5.75 Å². The van der Waals surface area contributed by atoms with Crippen molar-refractivity contribution in [3.05, 3.63) is 102 Å². The van der Waals surface area contributed by atoms with E-state index in [1.54, 1.807) is 24.1 Å². The van der Waals surface area contributed by atoms with Gasteiger partial charge in [-0.15, -0.1) is 0 Å². The smallest absolute Gasteiger partial charge is 0.261 e. The first-order valence-corrected chi connectivity index (χ1v) is 11.0. The summed E-state index contributed by atoms with van der Waals surface area (Å²) < 4.78 is 10.8. The molecule has 0 heterocycles. The van der Waals surface area contributed by atoms with Crippen molar-refractivity contribution < 1.29 is 19.1 Å². The third-order valence-electron chi connectivity index (χ3n) is 5.12. The monoisotopic (exact) mass is 446 g/mol. The molecule has 0 radical (unpaired) electrons. The van der Waals surface area contributed by atoms with E-state index < -0.39 is 6.04 Å². The molecular formula is C27H30N2O4. The van der Waals surface area contributed by atoms with E-state index in [0.717, 1.165) is 11.1 Å². The molecule has 0 aliphatic carbocycles. The van der Waals surface area contributed by atoms with E-state index in [9.17, 15) is 9.59 Å². The second-order valence-electron chi connectivity index (χ2n) is 7.56. The molecule has 0 saturated carbocycles. The largest absolute Gasteiger partial charge is 0.484 e. The molecule has 3 rings (SSSR count). The number of carbonyl (C=O) groups excluding carboxylic acids is 2. The van der Waals surface area contributed by atoms with E-state index in [-0.39, 0.29) is 25.0 Å². The third-order valence-corrected chi connectivity index (χ3v) is 5.12. The predicted molar refractivity (Wildman–Crippen MR) is 128 cm³/mol. The first kappa shape index (κ1) is 24.0. The molecular weight excluding hydrogens is 416 g/mol. The molecule has 6 heteroatoms. The van der Waals surface area contributed by atoms with Crippen LogP contribution in [0.2, 0.25) is 0 Å². The maximum Gasteiger partial charge on any atom is 0.261 e. The first-order chi connectivity index (χ1) is 16.2. The van der Waals surface area contributed by atoms with E-state index in [1.807, 2.05) is 78.9 Å². The molecule has 0 saturated heterocycles. The molecule has 2 amide bonds. The highest BCUT2D eigenvalue weighted by atomic mass is 16.5. The summed E-state index contributed by atoms with van der Waals surface area (Å²) in [5.41, 5.74) is 1.67. The van der Waals surface area contributed by atoms with Gasteiger partial charge in [-0.05, 0) is 29.7 Å². The van der Waals surface area contributed by atoms with Crippen LogP contribution in [0.25, 0.3) is 0 Å². The molecule has 0 aromatic heterocycles. The van der Waals surface area contributed by atoms with E-state index in [4.69, 9.17) is 9.47 Å². The normalized spacial score (nSPS) is 11.4. The maximum absolute atomic E-state index is 13.4. The van der Waals surface area contributed by atoms with Gasteiger partial charge < -0.3 is 19.7 Å². The van der Waals surface area contributed by atoms with Crippen LogP contribution in [0, 0.1) is 0 Å². The fourth-order valence-electron chi connectivity index (χ4n) is 3.48. The van der Waals surface area contributed by atoms with Crippen LogP contribution in [-0.4, -0.2) is 43.6 Å². The number of para-hydroxylation sites is 1. The zero-order valence-corrected chi connectivity index (χ0v) is 18.9. The Hall–Kier alpha value is -3.64. The fraction of sp³-hybridized carbons (Fsp3) is 0.259. The summed E-state index contributed by atoms with van der Waals surface area (Å²) in [4.78, 5) is 28.3. The predicted octanol–water partition coefficient (Wildman–Crippen LogP) is 3.99. The van der Waals surface area contributed by atoms with Crippen LogP contribution in [0.3, 0.4) is 0 Å². The van der Waals surface area contributed by atoms with Gasteiger partial charge in [0.25, 0.3) is 5.91 Å². The van der Waals surface area contributed by atoms with Gasteiger partial charge in [0.15, 0.2) is 6.61 Å². The topological polar surface area (TPSA) is 67.9 Å². The van der Waals surface area contributed by atoms with Gasteiger partial charge in [-0.1, -0.05) is 78.9 Å². The summed E-state index contributed by atoms with van der Waals surface area (Å²) >= 11 is 0. The molecule has 1 N–H and O–H groups in total. The Labute approximate surface area is 195 Å². The summed E-state index contributed by atoms with van der Waals surface area (Å²) in [6.07, 6.45) is 0.688. The third kappa shape index (κ3) is 7.47.